The van der Waals surface area contributed by atoms with Gasteiger partial charge in [0.25, 0.3) is 0 Å². The van der Waals surface area contributed by atoms with Crippen molar-refractivity contribution in [1.29, 1.82) is 0 Å². The second kappa shape index (κ2) is 10.5. The summed E-state index contributed by atoms with van der Waals surface area (Å²) in [5, 5.41) is 5.85. The minimum atomic E-state index is -0.611. The van der Waals surface area contributed by atoms with Crippen LogP contribution in [0.25, 0.3) is 5.70 Å². The van der Waals surface area contributed by atoms with Crippen LogP contribution < -0.4 is 27.6 Å². The molecule has 1 atom stereocenters. The van der Waals surface area contributed by atoms with Crippen molar-refractivity contribution in [2.45, 2.75) is 19.9 Å². The van der Waals surface area contributed by atoms with Gasteiger partial charge in [-0.05, 0) is 38.1 Å². The van der Waals surface area contributed by atoms with Crippen molar-refractivity contribution in [2.24, 2.45) is 16.6 Å². The van der Waals surface area contributed by atoms with E-state index >= 15 is 0 Å². The molecule has 30 heavy (non-hydrogen) atoms. The Bertz CT molecular complexity index is 898. The number of benzene rings is 1. The Balaban J connectivity index is 2.17. The lowest BCUT2D eigenvalue weighted by Crippen LogP contribution is -2.46. The number of nitrogens with zero attached hydrogens (tertiary/aromatic N) is 2. The largest absolute Gasteiger partial charge is 0.453 e. The molecule has 0 spiro atoms. The van der Waals surface area contributed by atoms with Crippen molar-refractivity contribution in [2.75, 3.05) is 25.5 Å². The molecule has 162 valence electrons. The molecular formula is C19H26ClN7O3. The van der Waals surface area contributed by atoms with Crippen molar-refractivity contribution in [1.82, 2.24) is 15.6 Å². The minimum absolute atomic E-state index is 0.108. The fourth-order valence-electron chi connectivity index (χ4n) is 2.86. The number of amides is 2. The van der Waals surface area contributed by atoms with Gasteiger partial charge in [-0.2, -0.15) is 0 Å². The van der Waals surface area contributed by atoms with Crippen LogP contribution in [0.2, 0.25) is 5.02 Å². The highest BCUT2D eigenvalue weighted by molar-refractivity contribution is 6.31. The molecule has 1 aliphatic rings. The average molecular weight is 436 g/mol. The van der Waals surface area contributed by atoms with Crippen molar-refractivity contribution >= 4 is 40.8 Å². The van der Waals surface area contributed by atoms with Crippen LogP contribution in [-0.4, -0.2) is 49.0 Å². The third-order valence-corrected chi connectivity index (χ3v) is 4.68. The van der Waals surface area contributed by atoms with E-state index in [0.29, 0.717) is 33.5 Å². The molecule has 0 saturated carbocycles. The van der Waals surface area contributed by atoms with Gasteiger partial charge in [0.15, 0.2) is 0 Å². The number of nitrogens with two attached hydrogens (primary N) is 2. The van der Waals surface area contributed by atoms with Gasteiger partial charge < -0.3 is 26.1 Å². The molecule has 0 radical (unpaired) electrons. The van der Waals surface area contributed by atoms with Gasteiger partial charge in [0, 0.05) is 22.8 Å². The summed E-state index contributed by atoms with van der Waals surface area (Å²) in [7, 11) is 1.28. The molecule has 1 aromatic rings. The van der Waals surface area contributed by atoms with Gasteiger partial charge in [0.1, 0.15) is 5.84 Å². The predicted molar refractivity (Wildman–Crippen MR) is 117 cm³/mol. The normalized spacial score (nSPS) is 16.4. The second-order valence-electron chi connectivity index (χ2n) is 6.50. The van der Waals surface area contributed by atoms with E-state index in [2.05, 4.69) is 25.8 Å². The zero-order valence-corrected chi connectivity index (χ0v) is 17.8. The topological polar surface area (TPSA) is 147 Å². The molecule has 2 rings (SSSR count). The highest BCUT2D eigenvalue weighted by atomic mass is 35.5. The molecule has 1 aliphatic heterocycles. The maximum Gasteiger partial charge on any atom is 0.411 e. The Morgan fingerprint density at radius 1 is 1.40 bits per heavy atom. The van der Waals surface area contributed by atoms with Crippen molar-refractivity contribution < 1.29 is 14.3 Å². The summed E-state index contributed by atoms with van der Waals surface area (Å²) in [5.74, 6) is 5.75. The fourth-order valence-corrected chi connectivity index (χ4v) is 3.04. The van der Waals surface area contributed by atoms with Crippen molar-refractivity contribution in [3.05, 3.63) is 46.8 Å². The number of aliphatic imine (C=N–C) groups is 1. The Labute approximate surface area is 179 Å². The summed E-state index contributed by atoms with van der Waals surface area (Å²) in [4.78, 5) is 30.4. The lowest BCUT2D eigenvalue weighted by Gasteiger charge is -2.32. The first-order chi connectivity index (χ1) is 14.3. The number of carbonyl (C=O) groups excluding carboxylic acids is 2. The zero-order valence-electron chi connectivity index (χ0n) is 17.0. The van der Waals surface area contributed by atoms with E-state index < -0.39 is 6.09 Å². The molecule has 0 bridgehead atoms. The van der Waals surface area contributed by atoms with Crippen LogP contribution in [0.4, 0.5) is 10.5 Å². The summed E-state index contributed by atoms with van der Waals surface area (Å²) < 4.78 is 4.67. The standard InChI is InChI=1S/C19H26ClN7O3/c1-11-6-16(15-5-4-13(20)7-17(15)25-19(29)30-3)24-12(2)27(11)10-18(28)23-9-14(8-21)26-22/h4-8,11,26H,9-10,21-22H2,1-3H3,(H,23,28)(H,25,29)/b14-8-. The molecule has 11 heteroatoms. The SMILES string of the molecule is COC(=O)Nc1cc(Cl)ccc1C1=CC(C)N(CC(=O)NC/C(=C/N)NN)C(C)=N1. The number of carbonyl (C=O) groups is 2. The van der Waals surface area contributed by atoms with E-state index in [1.807, 2.05) is 24.8 Å². The summed E-state index contributed by atoms with van der Waals surface area (Å²) >= 11 is 6.07. The number of amidine groups is 1. The maximum atomic E-state index is 12.3. The molecule has 1 heterocycles. The van der Waals surface area contributed by atoms with Crippen LogP contribution in [0.1, 0.15) is 19.4 Å². The van der Waals surface area contributed by atoms with E-state index in [1.165, 1.54) is 13.3 Å². The zero-order chi connectivity index (χ0) is 22.3. The molecule has 0 aliphatic carbocycles. The van der Waals surface area contributed by atoms with E-state index in [-0.39, 0.29) is 25.0 Å². The van der Waals surface area contributed by atoms with E-state index in [0.717, 1.165) is 0 Å². The van der Waals surface area contributed by atoms with Gasteiger partial charge in [0.05, 0.1) is 37.3 Å². The van der Waals surface area contributed by atoms with Crippen LogP contribution in [0.15, 0.2) is 41.2 Å². The summed E-state index contributed by atoms with van der Waals surface area (Å²) in [6.45, 7) is 4.06. The van der Waals surface area contributed by atoms with Gasteiger partial charge in [-0.3, -0.25) is 16.0 Å². The predicted octanol–water partition coefficient (Wildman–Crippen LogP) is 1.36. The van der Waals surface area contributed by atoms with Crippen LogP contribution in [-0.2, 0) is 9.53 Å². The van der Waals surface area contributed by atoms with Gasteiger partial charge >= 0.3 is 6.09 Å². The van der Waals surface area contributed by atoms with Crippen LogP contribution >= 0.6 is 11.6 Å². The molecule has 0 aromatic heterocycles. The first-order valence-electron chi connectivity index (χ1n) is 9.11. The van der Waals surface area contributed by atoms with E-state index in [9.17, 15) is 9.59 Å². The third-order valence-electron chi connectivity index (χ3n) is 4.44. The van der Waals surface area contributed by atoms with Gasteiger partial charge in [-0.15, -0.1) is 0 Å². The molecule has 10 nitrogen and oxygen atoms in total. The van der Waals surface area contributed by atoms with Crippen LogP contribution in [0.5, 0.6) is 0 Å². The number of methoxy groups -OCH3 is 1. The average Bonchev–Trinajstić information content (AvgIpc) is 2.71. The number of hydrogen-bond acceptors (Lipinski definition) is 8. The lowest BCUT2D eigenvalue weighted by atomic mass is 10.1. The van der Waals surface area contributed by atoms with Crippen LogP contribution in [0, 0.1) is 0 Å². The van der Waals surface area contributed by atoms with Gasteiger partial charge in [-0.1, -0.05) is 11.6 Å². The number of rotatable bonds is 7. The Morgan fingerprint density at radius 3 is 2.73 bits per heavy atom. The molecule has 0 fully saturated rings. The molecule has 2 amide bonds. The number of nitrogens with one attached hydrogen (secondary N) is 3. The van der Waals surface area contributed by atoms with E-state index in [1.54, 1.807) is 18.2 Å². The van der Waals surface area contributed by atoms with Crippen LogP contribution in [0.3, 0.4) is 0 Å². The smallest absolute Gasteiger partial charge is 0.411 e. The number of anilines is 1. The Hall–Kier alpha value is -3.24. The number of hydrazine groups is 1. The number of hydrogen-bond donors (Lipinski definition) is 5. The Morgan fingerprint density at radius 2 is 2.13 bits per heavy atom. The van der Waals surface area contributed by atoms with E-state index in [4.69, 9.17) is 23.2 Å². The molecule has 7 N–H and O–H groups in total. The van der Waals surface area contributed by atoms with Crippen molar-refractivity contribution in [3.8, 4) is 0 Å². The number of halogens is 1. The molecule has 1 unspecified atom stereocenters. The lowest BCUT2D eigenvalue weighted by molar-refractivity contribution is -0.121. The molecular weight excluding hydrogens is 410 g/mol. The first kappa shape index (κ1) is 23.0. The monoisotopic (exact) mass is 435 g/mol. The van der Waals surface area contributed by atoms with Gasteiger partial charge in [0.2, 0.25) is 5.91 Å². The summed E-state index contributed by atoms with van der Waals surface area (Å²) in [6, 6.07) is 4.98. The summed E-state index contributed by atoms with van der Waals surface area (Å²) in [6.07, 6.45) is 2.58. The highest BCUT2D eigenvalue weighted by Crippen LogP contribution is 2.31. The highest BCUT2D eigenvalue weighted by Gasteiger charge is 2.23. The Kier molecular flexibility index (Phi) is 8.07. The number of ether oxygens (including phenoxy) is 1. The summed E-state index contributed by atoms with van der Waals surface area (Å²) in [5.41, 5.74) is 10.1. The second-order valence-corrected chi connectivity index (χ2v) is 6.94. The third kappa shape index (κ3) is 5.88. The van der Waals surface area contributed by atoms with Gasteiger partial charge in [-0.25, -0.2) is 9.79 Å². The minimum Gasteiger partial charge on any atom is -0.453 e. The maximum absolute atomic E-state index is 12.3. The molecule has 0 saturated heterocycles. The quantitative estimate of drug-likeness (QED) is 0.321. The van der Waals surface area contributed by atoms with Crippen molar-refractivity contribution in [3.63, 3.8) is 0 Å². The first-order valence-corrected chi connectivity index (χ1v) is 9.49. The molecule has 1 aromatic carbocycles. The fraction of sp³-hybridized carbons (Fsp3) is 0.316.